The number of carbonyl (C=O) groups excluding carboxylic acids is 1. The second kappa shape index (κ2) is 8.07. The van der Waals surface area contributed by atoms with E-state index in [0.717, 1.165) is 17.7 Å². The molecule has 1 fully saturated rings. The predicted molar refractivity (Wildman–Crippen MR) is 98.8 cm³/mol. The number of aliphatic carboxylic acids is 1. The van der Waals surface area contributed by atoms with Crippen LogP contribution in [0.1, 0.15) is 18.4 Å². The molecule has 25 heavy (non-hydrogen) atoms. The van der Waals surface area contributed by atoms with Crippen LogP contribution in [0.5, 0.6) is 0 Å². The molecule has 2 aromatic carbocycles. The minimum absolute atomic E-state index is 0.351. The molecule has 2 aromatic rings. The van der Waals surface area contributed by atoms with Crippen molar-refractivity contribution in [3.63, 3.8) is 0 Å². The van der Waals surface area contributed by atoms with Crippen LogP contribution in [-0.4, -0.2) is 34.6 Å². The quantitative estimate of drug-likeness (QED) is 0.793. The van der Waals surface area contributed by atoms with Gasteiger partial charge in [-0.15, -0.1) is 11.8 Å². The average molecular weight is 356 g/mol. The molecular weight excluding hydrogens is 336 g/mol. The number of amides is 2. The Kier molecular flexibility index (Phi) is 5.60. The smallest absolute Gasteiger partial charge is 0.326 e. The number of hydrogen-bond acceptors (Lipinski definition) is 3. The van der Waals surface area contributed by atoms with Gasteiger partial charge in [0.1, 0.15) is 6.04 Å². The molecule has 1 heterocycles. The Bertz CT molecular complexity index is 734. The van der Waals surface area contributed by atoms with Gasteiger partial charge in [0.2, 0.25) is 0 Å². The van der Waals surface area contributed by atoms with Crippen LogP contribution in [0.4, 0.5) is 10.5 Å². The molecular formula is C19H20N2O3S. The van der Waals surface area contributed by atoms with Crippen molar-refractivity contribution < 1.29 is 14.7 Å². The first kappa shape index (κ1) is 17.4. The molecule has 5 nitrogen and oxygen atoms in total. The largest absolute Gasteiger partial charge is 0.480 e. The number of urea groups is 1. The molecule has 0 spiro atoms. The van der Waals surface area contributed by atoms with Crippen LogP contribution >= 0.6 is 11.8 Å². The van der Waals surface area contributed by atoms with Crippen LogP contribution < -0.4 is 5.32 Å². The number of nitrogens with one attached hydrogen (secondary N) is 1. The lowest BCUT2D eigenvalue weighted by atomic mass is 10.2. The van der Waals surface area contributed by atoms with E-state index >= 15 is 0 Å². The summed E-state index contributed by atoms with van der Waals surface area (Å²) in [5.74, 6) is -0.0909. The van der Waals surface area contributed by atoms with E-state index in [1.807, 2.05) is 42.5 Å². The summed E-state index contributed by atoms with van der Waals surface area (Å²) in [5.41, 5.74) is 1.84. The van der Waals surface area contributed by atoms with Gasteiger partial charge in [0.05, 0.1) is 0 Å². The first-order chi connectivity index (χ1) is 12.1. The number of hydrogen-bond donors (Lipinski definition) is 2. The molecule has 0 bridgehead atoms. The van der Waals surface area contributed by atoms with Gasteiger partial charge in [-0.3, -0.25) is 0 Å². The molecule has 2 N–H and O–H groups in total. The minimum atomic E-state index is -0.944. The fraction of sp³-hybridized carbons (Fsp3) is 0.263. The third-order valence-corrected chi connectivity index (χ3v) is 5.24. The SMILES string of the molecule is O=C(O)[C@@H]1CCCN1C(=O)Nc1ccc(CSc2ccccc2)cc1. The summed E-state index contributed by atoms with van der Waals surface area (Å²) in [6, 6.07) is 16.8. The van der Waals surface area contributed by atoms with Crippen molar-refractivity contribution >= 4 is 29.4 Å². The van der Waals surface area contributed by atoms with Crippen molar-refractivity contribution in [1.29, 1.82) is 0 Å². The van der Waals surface area contributed by atoms with E-state index in [9.17, 15) is 9.59 Å². The minimum Gasteiger partial charge on any atom is -0.480 e. The summed E-state index contributed by atoms with van der Waals surface area (Å²) in [7, 11) is 0. The Morgan fingerprint density at radius 3 is 2.52 bits per heavy atom. The molecule has 1 saturated heterocycles. The van der Waals surface area contributed by atoms with Crippen molar-refractivity contribution in [3.05, 3.63) is 60.2 Å². The molecule has 130 valence electrons. The topological polar surface area (TPSA) is 69.6 Å². The number of nitrogens with zero attached hydrogens (tertiary/aromatic N) is 1. The van der Waals surface area contributed by atoms with Gasteiger partial charge in [-0.05, 0) is 42.7 Å². The van der Waals surface area contributed by atoms with Gasteiger partial charge in [-0.25, -0.2) is 9.59 Å². The fourth-order valence-electron chi connectivity index (χ4n) is 2.83. The van der Waals surface area contributed by atoms with E-state index in [4.69, 9.17) is 5.11 Å². The number of benzene rings is 2. The number of carboxylic acid groups (broad SMARTS) is 1. The van der Waals surface area contributed by atoms with Gasteiger partial charge < -0.3 is 15.3 Å². The Morgan fingerprint density at radius 1 is 1.12 bits per heavy atom. The Balaban J connectivity index is 1.55. The molecule has 0 aromatic heterocycles. The Labute approximate surface area is 151 Å². The average Bonchev–Trinajstić information content (AvgIpc) is 3.12. The standard InChI is InChI=1S/C19H20N2O3S/c22-18(23)17-7-4-12-21(17)19(24)20-15-10-8-14(9-11-15)13-25-16-5-2-1-3-6-16/h1-3,5-6,8-11,17H,4,7,12-13H2,(H,20,24)(H,22,23)/t17-/m0/s1. The van der Waals surface area contributed by atoms with Crippen LogP contribution in [0.15, 0.2) is 59.5 Å². The number of anilines is 1. The zero-order chi connectivity index (χ0) is 17.6. The van der Waals surface area contributed by atoms with Gasteiger partial charge >= 0.3 is 12.0 Å². The Hall–Kier alpha value is -2.47. The molecule has 6 heteroatoms. The first-order valence-corrected chi connectivity index (χ1v) is 9.19. The molecule has 1 aliphatic heterocycles. The second-order valence-electron chi connectivity index (χ2n) is 5.92. The molecule has 0 aliphatic carbocycles. The van der Waals surface area contributed by atoms with E-state index in [1.54, 1.807) is 11.8 Å². The van der Waals surface area contributed by atoms with E-state index in [-0.39, 0.29) is 6.03 Å². The predicted octanol–water partition coefficient (Wildman–Crippen LogP) is 4.06. The van der Waals surface area contributed by atoms with E-state index in [0.29, 0.717) is 18.7 Å². The lowest BCUT2D eigenvalue weighted by Crippen LogP contribution is -2.42. The fourth-order valence-corrected chi connectivity index (χ4v) is 3.70. The van der Waals surface area contributed by atoms with Crippen molar-refractivity contribution in [2.24, 2.45) is 0 Å². The highest BCUT2D eigenvalue weighted by Gasteiger charge is 2.33. The van der Waals surface area contributed by atoms with Crippen molar-refractivity contribution in [2.75, 3.05) is 11.9 Å². The zero-order valence-corrected chi connectivity index (χ0v) is 14.5. The third-order valence-electron chi connectivity index (χ3n) is 4.15. The van der Waals surface area contributed by atoms with Gasteiger partial charge in [0, 0.05) is 22.9 Å². The van der Waals surface area contributed by atoms with Gasteiger partial charge in [0.15, 0.2) is 0 Å². The van der Waals surface area contributed by atoms with E-state index in [2.05, 4.69) is 17.4 Å². The van der Waals surface area contributed by atoms with Crippen LogP contribution in [0.25, 0.3) is 0 Å². The zero-order valence-electron chi connectivity index (χ0n) is 13.7. The maximum absolute atomic E-state index is 12.3. The molecule has 1 atom stereocenters. The highest BCUT2D eigenvalue weighted by atomic mass is 32.2. The summed E-state index contributed by atoms with van der Waals surface area (Å²) >= 11 is 1.76. The van der Waals surface area contributed by atoms with Gasteiger partial charge in [-0.2, -0.15) is 0 Å². The van der Waals surface area contributed by atoms with Crippen LogP contribution in [0.3, 0.4) is 0 Å². The van der Waals surface area contributed by atoms with Crippen molar-refractivity contribution in [2.45, 2.75) is 29.5 Å². The monoisotopic (exact) mass is 356 g/mol. The molecule has 0 saturated carbocycles. The third kappa shape index (κ3) is 4.54. The maximum Gasteiger partial charge on any atom is 0.326 e. The number of thioether (sulfide) groups is 1. The summed E-state index contributed by atoms with van der Waals surface area (Å²) in [4.78, 5) is 26.1. The summed E-state index contributed by atoms with van der Waals surface area (Å²) < 4.78 is 0. The van der Waals surface area contributed by atoms with E-state index < -0.39 is 12.0 Å². The van der Waals surface area contributed by atoms with Crippen molar-refractivity contribution in [3.8, 4) is 0 Å². The van der Waals surface area contributed by atoms with Crippen LogP contribution in [0.2, 0.25) is 0 Å². The molecule has 2 amide bonds. The summed E-state index contributed by atoms with van der Waals surface area (Å²) in [6.07, 6.45) is 1.23. The molecule has 0 radical (unpaired) electrons. The number of carboxylic acids is 1. The summed E-state index contributed by atoms with van der Waals surface area (Å²) in [6.45, 7) is 0.481. The normalized spacial score (nSPS) is 16.6. The second-order valence-corrected chi connectivity index (χ2v) is 6.97. The lowest BCUT2D eigenvalue weighted by molar-refractivity contribution is -0.141. The number of carbonyl (C=O) groups is 2. The maximum atomic E-state index is 12.3. The van der Waals surface area contributed by atoms with E-state index in [1.165, 1.54) is 9.80 Å². The van der Waals surface area contributed by atoms with Gasteiger partial charge in [-0.1, -0.05) is 30.3 Å². The van der Waals surface area contributed by atoms with Crippen LogP contribution in [-0.2, 0) is 10.5 Å². The van der Waals surface area contributed by atoms with Gasteiger partial charge in [0.25, 0.3) is 0 Å². The molecule has 1 aliphatic rings. The Morgan fingerprint density at radius 2 is 1.84 bits per heavy atom. The molecule has 3 rings (SSSR count). The first-order valence-electron chi connectivity index (χ1n) is 8.21. The molecule has 0 unspecified atom stereocenters. The highest BCUT2D eigenvalue weighted by Crippen LogP contribution is 2.24. The van der Waals surface area contributed by atoms with Crippen molar-refractivity contribution in [1.82, 2.24) is 4.90 Å². The van der Waals surface area contributed by atoms with Crippen LogP contribution in [0, 0.1) is 0 Å². The lowest BCUT2D eigenvalue weighted by Gasteiger charge is -2.21. The number of likely N-dealkylation sites (tertiary alicyclic amines) is 1. The number of rotatable bonds is 5. The summed E-state index contributed by atoms with van der Waals surface area (Å²) in [5, 5.41) is 12.0. The highest BCUT2D eigenvalue weighted by molar-refractivity contribution is 7.98.